The molecule has 0 bridgehead atoms. The van der Waals surface area contributed by atoms with Crippen molar-refractivity contribution in [3.63, 3.8) is 0 Å². The van der Waals surface area contributed by atoms with Crippen LogP contribution in [0.15, 0.2) is 40.4 Å². The molecule has 21 heavy (non-hydrogen) atoms. The van der Waals surface area contributed by atoms with Gasteiger partial charge in [-0.1, -0.05) is 23.4 Å². The Morgan fingerprint density at radius 1 is 1.43 bits per heavy atom. The Morgan fingerprint density at radius 3 is 3.00 bits per heavy atom. The summed E-state index contributed by atoms with van der Waals surface area (Å²) in [7, 11) is 0. The zero-order valence-corrected chi connectivity index (χ0v) is 12.7. The minimum atomic E-state index is -0.138. The van der Waals surface area contributed by atoms with Crippen molar-refractivity contribution >= 4 is 27.3 Å². The van der Waals surface area contributed by atoms with Gasteiger partial charge in [0.25, 0.3) is 5.91 Å². The molecule has 108 valence electrons. The highest BCUT2D eigenvalue weighted by Gasteiger charge is 2.16. The number of nitrogens with one attached hydrogen (secondary N) is 1. The van der Waals surface area contributed by atoms with E-state index in [9.17, 15) is 4.79 Å². The highest BCUT2D eigenvalue weighted by Crippen LogP contribution is 2.26. The molecular weight excluding hydrogens is 284 g/mol. The van der Waals surface area contributed by atoms with E-state index in [-0.39, 0.29) is 11.9 Å². The van der Waals surface area contributed by atoms with Crippen LogP contribution in [0.2, 0.25) is 0 Å². The van der Waals surface area contributed by atoms with Crippen LogP contribution in [-0.4, -0.2) is 17.1 Å². The van der Waals surface area contributed by atoms with Gasteiger partial charge in [0.2, 0.25) is 0 Å². The number of benzene rings is 1. The van der Waals surface area contributed by atoms with Crippen molar-refractivity contribution in [3.8, 4) is 0 Å². The lowest BCUT2D eigenvalue weighted by atomic mass is 10.1. The van der Waals surface area contributed by atoms with Gasteiger partial charge in [0.05, 0.1) is 6.20 Å². The largest absolute Gasteiger partial charge is 0.361 e. The first-order valence-corrected chi connectivity index (χ1v) is 7.70. The molecule has 0 aliphatic carbocycles. The minimum absolute atomic E-state index is 0.0461. The Balaban J connectivity index is 1.71. The van der Waals surface area contributed by atoms with Crippen LogP contribution in [0.25, 0.3) is 10.1 Å². The lowest BCUT2D eigenvalue weighted by Crippen LogP contribution is -2.34. The monoisotopic (exact) mass is 300 g/mol. The Bertz CT molecular complexity index is 775. The van der Waals surface area contributed by atoms with Gasteiger partial charge in [-0.3, -0.25) is 4.79 Å². The molecule has 1 unspecified atom stereocenters. The average Bonchev–Trinajstić information content (AvgIpc) is 3.06. The number of aryl methyl sites for hydroxylation is 1. The molecule has 2 heterocycles. The number of rotatable bonds is 4. The summed E-state index contributed by atoms with van der Waals surface area (Å²) >= 11 is 1.74. The van der Waals surface area contributed by atoms with Gasteiger partial charge in [-0.25, -0.2) is 0 Å². The summed E-state index contributed by atoms with van der Waals surface area (Å²) in [4.78, 5) is 12.1. The van der Waals surface area contributed by atoms with E-state index < -0.39 is 0 Å². The van der Waals surface area contributed by atoms with Crippen molar-refractivity contribution in [1.82, 2.24) is 10.5 Å². The van der Waals surface area contributed by atoms with Crippen LogP contribution in [0.4, 0.5) is 0 Å². The van der Waals surface area contributed by atoms with Gasteiger partial charge in [0.15, 0.2) is 0 Å². The molecule has 0 fully saturated rings. The maximum atomic E-state index is 12.1. The fourth-order valence-electron chi connectivity index (χ4n) is 2.39. The number of hydrogen-bond donors (Lipinski definition) is 1. The lowest BCUT2D eigenvalue weighted by Gasteiger charge is -2.13. The molecule has 0 saturated heterocycles. The van der Waals surface area contributed by atoms with E-state index in [0.717, 1.165) is 6.42 Å². The molecule has 0 aliphatic heterocycles. The molecule has 1 aromatic carbocycles. The summed E-state index contributed by atoms with van der Waals surface area (Å²) in [6, 6.07) is 8.38. The average molecular weight is 300 g/mol. The minimum Gasteiger partial charge on any atom is -0.361 e. The molecule has 1 amide bonds. The zero-order valence-electron chi connectivity index (χ0n) is 11.9. The maximum Gasteiger partial charge on any atom is 0.256 e. The number of carbonyl (C=O) groups excluding carboxylic acids is 1. The van der Waals surface area contributed by atoms with Gasteiger partial charge in [-0.15, -0.1) is 11.3 Å². The van der Waals surface area contributed by atoms with Crippen LogP contribution in [-0.2, 0) is 6.42 Å². The molecule has 0 radical (unpaired) electrons. The summed E-state index contributed by atoms with van der Waals surface area (Å²) in [6.45, 7) is 3.74. The van der Waals surface area contributed by atoms with Crippen molar-refractivity contribution < 1.29 is 9.32 Å². The van der Waals surface area contributed by atoms with E-state index in [4.69, 9.17) is 4.52 Å². The van der Waals surface area contributed by atoms with E-state index in [1.807, 2.05) is 19.1 Å². The third-order valence-electron chi connectivity index (χ3n) is 3.46. The number of carbonyl (C=O) groups is 1. The summed E-state index contributed by atoms with van der Waals surface area (Å²) in [6.07, 6.45) is 2.26. The molecule has 1 atom stereocenters. The molecule has 0 spiro atoms. The smallest absolute Gasteiger partial charge is 0.256 e. The fourth-order valence-corrected chi connectivity index (χ4v) is 3.37. The number of nitrogens with zero attached hydrogens (tertiary/aromatic N) is 1. The van der Waals surface area contributed by atoms with Gasteiger partial charge in [-0.05, 0) is 42.7 Å². The maximum absolute atomic E-state index is 12.1. The topological polar surface area (TPSA) is 55.1 Å². The fraction of sp³-hybridized carbons (Fsp3) is 0.250. The van der Waals surface area contributed by atoms with Gasteiger partial charge < -0.3 is 9.84 Å². The van der Waals surface area contributed by atoms with Gasteiger partial charge in [0.1, 0.15) is 11.3 Å². The van der Waals surface area contributed by atoms with Crippen molar-refractivity contribution in [2.75, 3.05) is 0 Å². The van der Waals surface area contributed by atoms with Crippen molar-refractivity contribution in [3.05, 3.63) is 52.7 Å². The van der Waals surface area contributed by atoms with Crippen LogP contribution in [0.5, 0.6) is 0 Å². The first-order valence-electron chi connectivity index (χ1n) is 6.82. The number of hydrogen-bond acceptors (Lipinski definition) is 4. The second-order valence-corrected chi connectivity index (χ2v) is 6.04. The quantitative estimate of drug-likeness (QED) is 0.801. The van der Waals surface area contributed by atoms with E-state index in [1.54, 1.807) is 18.3 Å². The standard InChI is InChI=1S/C16H16N2O2S/c1-10(18-16(19)14-8-17-20-11(14)2)7-12-9-21-15-6-4-3-5-13(12)15/h3-6,8-10H,7H2,1-2H3,(H,18,19). The van der Waals surface area contributed by atoms with Crippen molar-refractivity contribution in [2.24, 2.45) is 0 Å². The first-order chi connectivity index (χ1) is 10.1. The van der Waals surface area contributed by atoms with E-state index in [1.165, 1.54) is 21.8 Å². The van der Waals surface area contributed by atoms with Crippen LogP contribution >= 0.6 is 11.3 Å². The Morgan fingerprint density at radius 2 is 2.24 bits per heavy atom. The third-order valence-corrected chi connectivity index (χ3v) is 4.47. The number of amides is 1. The third kappa shape index (κ3) is 2.83. The van der Waals surface area contributed by atoms with E-state index in [2.05, 4.69) is 28.0 Å². The SMILES string of the molecule is Cc1oncc1C(=O)NC(C)Cc1csc2ccccc12. The molecule has 3 rings (SSSR count). The van der Waals surface area contributed by atoms with Crippen molar-refractivity contribution in [2.45, 2.75) is 26.3 Å². The zero-order chi connectivity index (χ0) is 14.8. The van der Waals surface area contributed by atoms with Gasteiger partial charge in [0, 0.05) is 10.7 Å². The number of aromatic nitrogens is 1. The lowest BCUT2D eigenvalue weighted by molar-refractivity contribution is 0.0938. The first kappa shape index (κ1) is 13.8. The molecule has 0 aliphatic rings. The molecule has 4 nitrogen and oxygen atoms in total. The second-order valence-electron chi connectivity index (χ2n) is 5.13. The highest BCUT2D eigenvalue weighted by molar-refractivity contribution is 7.17. The normalized spacial score (nSPS) is 12.5. The van der Waals surface area contributed by atoms with E-state index in [0.29, 0.717) is 11.3 Å². The van der Waals surface area contributed by atoms with Crippen LogP contribution in [0.3, 0.4) is 0 Å². The molecule has 5 heteroatoms. The van der Waals surface area contributed by atoms with Crippen LogP contribution < -0.4 is 5.32 Å². The number of fused-ring (bicyclic) bond motifs is 1. The van der Waals surface area contributed by atoms with Gasteiger partial charge in [-0.2, -0.15) is 0 Å². The molecule has 1 N–H and O–H groups in total. The van der Waals surface area contributed by atoms with Crippen LogP contribution in [0, 0.1) is 6.92 Å². The van der Waals surface area contributed by atoms with Crippen LogP contribution in [0.1, 0.15) is 28.6 Å². The predicted molar refractivity (Wildman–Crippen MR) is 83.7 cm³/mol. The predicted octanol–water partition coefficient (Wildman–Crippen LogP) is 3.56. The summed E-state index contributed by atoms with van der Waals surface area (Å²) < 4.78 is 6.20. The van der Waals surface area contributed by atoms with Crippen molar-refractivity contribution in [1.29, 1.82) is 0 Å². The molecule has 2 aromatic heterocycles. The molecular formula is C16H16N2O2S. The summed E-state index contributed by atoms with van der Waals surface area (Å²) in [5.41, 5.74) is 1.77. The van der Waals surface area contributed by atoms with E-state index >= 15 is 0 Å². The Labute approximate surface area is 126 Å². The number of thiophene rings is 1. The highest BCUT2D eigenvalue weighted by atomic mass is 32.1. The Kier molecular flexibility index (Phi) is 3.75. The molecule has 0 saturated carbocycles. The van der Waals surface area contributed by atoms with Gasteiger partial charge >= 0.3 is 0 Å². The summed E-state index contributed by atoms with van der Waals surface area (Å²) in [5, 5.41) is 10.1. The summed E-state index contributed by atoms with van der Waals surface area (Å²) in [5.74, 6) is 0.404. The Hall–Kier alpha value is -2.14. The molecule has 3 aromatic rings. The second kappa shape index (κ2) is 5.69.